The van der Waals surface area contributed by atoms with Gasteiger partial charge in [0.15, 0.2) is 11.5 Å². The highest BCUT2D eigenvalue weighted by Crippen LogP contribution is 2.29. The molecule has 0 radical (unpaired) electrons. The minimum absolute atomic E-state index is 0.101. The van der Waals surface area contributed by atoms with Crippen molar-refractivity contribution in [1.29, 1.82) is 0 Å². The molecule has 0 aliphatic heterocycles. The van der Waals surface area contributed by atoms with E-state index in [1.165, 1.54) is 0 Å². The van der Waals surface area contributed by atoms with E-state index in [4.69, 9.17) is 9.47 Å². The van der Waals surface area contributed by atoms with Crippen molar-refractivity contribution in [2.75, 3.05) is 19.0 Å². The number of hydrogen-bond acceptors (Lipinski definition) is 4. The fourth-order valence-corrected chi connectivity index (χ4v) is 2.88. The highest BCUT2D eigenvalue weighted by molar-refractivity contribution is 6.10. The largest absolute Gasteiger partial charge is 0.493 e. The predicted octanol–water partition coefficient (Wildman–Crippen LogP) is 4.50. The summed E-state index contributed by atoms with van der Waals surface area (Å²) >= 11 is 0. The number of para-hydroxylation sites is 1. The maximum absolute atomic E-state index is 13.0. The van der Waals surface area contributed by atoms with E-state index in [2.05, 4.69) is 10.6 Å². The summed E-state index contributed by atoms with van der Waals surface area (Å²) in [7, 11) is 1.55. The van der Waals surface area contributed by atoms with Gasteiger partial charge in [-0.15, -0.1) is 0 Å². The van der Waals surface area contributed by atoms with Crippen LogP contribution in [-0.2, 0) is 4.79 Å². The molecular formula is C25H24N2O4. The topological polar surface area (TPSA) is 76.7 Å². The molecule has 0 spiro atoms. The van der Waals surface area contributed by atoms with E-state index in [1.807, 2.05) is 31.2 Å². The van der Waals surface area contributed by atoms with Gasteiger partial charge in [-0.3, -0.25) is 9.59 Å². The van der Waals surface area contributed by atoms with Gasteiger partial charge >= 0.3 is 0 Å². The lowest BCUT2D eigenvalue weighted by molar-refractivity contribution is -0.113. The fraction of sp³-hybridized carbons (Fsp3) is 0.120. The van der Waals surface area contributed by atoms with E-state index in [0.29, 0.717) is 34.9 Å². The van der Waals surface area contributed by atoms with Crippen LogP contribution in [0.5, 0.6) is 11.5 Å². The van der Waals surface area contributed by atoms with Gasteiger partial charge in [0.1, 0.15) is 5.70 Å². The van der Waals surface area contributed by atoms with Crippen molar-refractivity contribution in [3.63, 3.8) is 0 Å². The normalized spacial score (nSPS) is 10.8. The molecule has 0 fully saturated rings. The van der Waals surface area contributed by atoms with Crippen LogP contribution in [0.4, 0.5) is 5.69 Å². The van der Waals surface area contributed by atoms with Crippen molar-refractivity contribution in [2.45, 2.75) is 6.92 Å². The second-order valence-corrected chi connectivity index (χ2v) is 6.54. The van der Waals surface area contributed by atoms with Gasteiger partial charge in [-0.1, -0.05) is 42.5 Å². The van der Waals surface area contributed by atoms with Crippen LogP contribution in [0.1, 0.15) is 22.8 Å². The summed E-state index contributed by atoms with van der Waals surface area (Å²) in [5.41, 5.74) is 1.85. The maximum Gasteiger partial charge on any atom is 0.272 e. The number of carbonyl (C=O) groups is 2. The lowest BCUT2D eigenvalue weighted by Crippen LogP contribution is -2.30. The average Bonchev–Trinajstić information content (AvgIpc) is 2.80. The second kappa shape index (κ2) is 10.6. The number of hydrogen-bond donors (Lipinski definition) is 2. The summed E-state index contributed by atoms with van der Waals surface area (Å²) in [6.07, 6.45) is 1.59. The Kier molecular flexibility index (Phi) is 7.43. The Labute approximate surface area is 181 Å². The Bertz CT molecular complexity index is 1060. The number of anilines is 1. The van der Waals surface area contributed by atoms with Crippen LogP contribution in [0.25, 0.3) is 6.08 Å². The van der Waals surface area contributed by atoms with E-state index >= 15 is 0 Å². The zero-order valence-corrected chi connectivity index (χ0v) is 17.4. The van der Waals surface area contributed by atoms with Gasteiger partial charge < -0.3 is 20.1 Å². The summed E-state index contributed by atoms with van der Waals surface area (Å²) < 4.78 is 10.9. The highest BCUT2D eigenvalue weighted by Gasteiger charge is 2.15. The minimum atomic E-state index is -0.441. The Morgan fingerprint density at radius 3 is 2.23 bits per heavy atom. The molecule has 2 amide bonds. The van der Waals surface area contributed by atoms with Crippen LogP contribution in [-0.4, -0.2) is 25.5 Å². The molecule has 0 atom stereocenters. The maximum atomic E-state index is 13.0. The third kappa shape index (κ3) is 5.96. The molecule has 0 aliphatic rings. The smallest absolute Gasteiger partial charge is 0.272 e. The molecule has 6 heteroatoms. The van der Waals surface area contributed by atoms with Crippen molar-refractivity contribution in [2.24, 2.45) is 0 Å². The molecule has 2 N–H and O–H groups in total. The van der Waals surface area contributed by atoms with Gasteiger partial charge in [0, 0.05) is 11.3 Å². The third-order valence-electron chi connectivity index (χ3n) is 4.36. The first-order valence-electron chi connectivity index (χ1n) is 9.86. The SMILES string of the molecule is CCOc1ccc(/C=C(/NC(=O)c2ccccc2)C(=O)Nc2ccccc2)cc1OC. The molecule has 0 bridgehead atoms. The number of nitrogens with one attached hydrogen (secondary N) is 2. The van der Waals surface area contributed by atoms with Crippen LogP contribution in [0.2, 0.25) is 0 Å². The van der Waals surface area contributed by atoms with Crippen molar-refractivity contribution in [1.82, 2.24) is 5.32 Å². The first kappa shape index (κ1) is 21.6. The number of methoxy groups -OCH3 is 1. The first-order valence-corrected chi connectivity index (χ1v) is 9.86. The van der Waals surface area contributed by atoms with Crippen molar-refractivity contribution in [3.05, 3.63) is 95.7 Å². The molecule has 158 valence electrons. The molecule has 3 aromatic carbocycles. The van der Waals surface area contributed by atoms with Gasteiger partial charge in [-0.05, 0) is 55.0 Å². The fourth-order valence-electron chi connectivity index (χ4n) is 2.88. The number of amides is 2. The zero-order chi connectivity index (χ0) is 22.1. The second-order valence-electron chi connectivity index (χ2n) is 6.54. The predicted molar refractivity (Wildman–Crippen MR) is 121 cm³/mol. The Balaban J connectivity index is 1.92. The summed E-state index contributed by atoms with van der Waals surface area (Å²) in [5, 5.41) is 5.52. The molecule has 0 unspecified atom stereocenters. The lowest BCUT2D eigenvalue weighted by Gasteiger charge is -2.13. The van der Waals surface area contributed by atoms with Crippen LogP contribution < -0.4 is 20.1 Å². The number of carbonyl (C=O) groups excluding carboxylic acids is 2. The molecule has 3 aromatic rings. The first-order chi connectivity index (χ1) is 15.1. The van der Waals surface area contributed by atoms with Gasteiger partial charge in [0.2, 0.25) is 0 Å². The molecule has 3 rings (SSSR count). The van der Waals surface area contributed by atoms with E-state index in [9.17, 15) is 9.59 Å². The van der Waals surface area contributed by atoms with Crippen molar-refractivity contribution in [3.8, 4) is 11.5 Å². The van der Waals surface area contributed by atoms with Crippen LogP contribution in [0.3, 0.4) is 0 Å². The van der Waals surface area contributed by atoms with E-state index in [-0.39, 0.29) is 11.6 Å². The molecule has 31 heavy (non-hydrogen) atoms. The van der Waals surface area contributed by atoms with E-state index in [1.54, 1.807) is 67.8 Å². The zero-order valence-electron chi connectivity index (χ0n) is 17.4. The summed E-state index contributed by atoms with van der Waals surface area (Å²) in [4.78, 5) is 25.6. The van der Waals surface area contributed by atoms with Crippen molar-refractivity contribution >= 4 is 23.6 Å². The van der Waals surface area contributed by atoms with Gasteiger partial charge in [-0.25, -0.2) is 0 Å². The summed E-state index contributed by atoms with van der Waals surface area (Å²) in [6.45, 7) is 2.39. The highest BCUT2D eigenvalue weighted by atomic mass is 16.5. The lowest BCUT2D eigenvalue weighted by atomic mass is 10.1. The minimum Gasteiger partial charge on any atom is -0.493 e. The number of ether oxygens (including phenoxy) is 2. The van der Waals surface area contributed by atoms with Crippen LogP contribution >= 0.6 is 0 Å². The summed E-state index contributed by atoms with van der Waals surface area (Å²) in [6, 6.07) is 23.1. The van der Waals surface area contributed by atoms with Crippen LogP contribution in [0, 0.1) is 0 Å². The molecule has 6 nitrogen and oxygen atoms in total. The monoisotopic (exact) mass is 416 g/mol. The standard InChI is InChI=1S/C25H24N2O4/c1-3-31-22-15-14-18(17-23(22)30-2)16-21(25(29)26-20-12-8-5-9-13-20)27-24(28)19-10-6-4-7-11-19/h4-17H,3H2,1-2H3,(H,26,29)(H,27,28)/b21-16+. The Hall–Kier alpha value is -4.06. The number of rotatable bonds is 8. The quantitative estimate of drug-likeness (QED) is 0.530. The summed E-state index contributed by atoms with van der Waals surface area (Å²) in [5.74, 6) is 0.315. The van der Waals surface area contributed by atoms with Gasteiger partial charge in [-0.2, -0.15) is 0 Å². The molecular weight excluding hydrogens is 392 g/mol. The third-order valence-corrected chi connectivity index (χ3v) is 4.36. The van der Waals surface area contributed by atoms with Crippen molar-refractivity contribution < 1.29 is 19.1 Å². The molecule has 0 saturated carbocycles. The molecule has 0 heterocycles. The van der Waals surface area contributed by atoms with Gasteiger partial charge in [0.05, 0.1) is 13.7 Å². The average molecular weight is 416 g/mol. The van der Waals surface area contributed by atoms with E-state index < -0.39 is 5.91 Å². The number of benzene rings is 3. The molecule has 0 aromatic heterocycles. The molecule has 0 saturated heterocycles. The van der Waals surface area contributed by atoms with Crippen LogP contribution in [0.15, 0.2) is 84.6 Å². The Morgan fingerprint density at radius 1 is 0.903 bits per heavy atom. The van der Waals surface area contributed by atoms with E-state index in [0.717, 1.165) is 0 Å². The Morgan fingerprint density at radius 2 is 1.58 bits per heavy atom. The molecule has 0 aliphatic carbocycles. The van der Waals surface area contributed by atoms with Gasteiger partial charge in [0.25, 0.3) is 11.8 Å².